The van der Waals surface area contributed by atoms with Gasteiger partial charge in [0.05, 0.1) is 5.75 Å². The SMILES string of the molecule is CC(=O)Nc1cccc(CCS(=O)(=O)Cl)c1. The summed E-state index contributed by atoms with van der Waals surface area (Å²) >= 11 is 0. The standard InChI is InChI=1S/C10H12ClNO3S/c1-8(13)12-10-4-2-3-9(7-10)5-6-16(11,14)15/h2-4,7H,5-6H2,1H3,(H,12,13). The number of hydrogen-bond donors (Lipinski definition) is 1. The first-order valence-corrected chi connectivity index (χ1v) is 7.13. The van der Waals surface area contributed by atoms with Crippen molar-refractivity contribution < 1.29 is 13.2 Å². The second-order valence-corrected chi connectivity index (χ2v) is 6.27. The van der Waals surface area contributed by atoms with Gasteiger partial charge in [0.15, 0.2) is 0 Å². The van der Waals surface area contributed by atoms with Gasteiger partial charge in [0.1, 0.15) is 0 Å². The van der Waals surface area contributed by atoms with Gasteiger partial charge in [0, 0.05) is 23.3 Å². The van der Waals surface area contributed by atoms with Crippen molar-refractivity contribution in [2.24, 2.45) is 0 Å². The minimum atomic E-state index is -3.47. The quantitative estimate of drug-likeness (QED) is 0.840. The predicted octanol–water partition coefficient (Wildman–Crippen LogP) is 1.76. The molecule has 0 atom stereocenters. The van der Waals surface area contributed by atoms with E-state index in [1.165, 1.54) is 6.92 Å². The smallest absolute Gasteiger partial charge is 0.232 e. The second-order valence-electron chi connectivity index (χ2n) is 3.37. The molecule has 1 aromatic carbocycles. The van der Waals surface area contributed by atoms with Crippen molar-refractivity contribution in [3.8, 4) is 0 Å². The molecule has 1 N–H and O–H groups in total. The summed E-state index contributed by atoms with van der Waals surface area (Å²) in [5, 5.41) is 2.62. The lowest BCUT2D eigenvalue weighted by Crippen LogP contribution is -2.06. The Morgan fingerprint density at radius 3 is 2.69 bits per heavy atom. The molecule has 1 rings (SSSR count). The van der Waals surface area contributed by atoms with Crippen LogP contribution >= 0.6 is 10.7 Å². The summed E-state index contributed by atoms with van der Waals surface area (Å²) in [4.78, 5) is 10.8. The van der Waals surface area contributed by atoms with Gasteiger partial charge in [0.25, 0.3) is 0 Å². The number of anilines is 1. The van der Waals surface area contributed by atoms with E-state index in [1.54, 1.807) is 24.3 Å². The van der Waals surface area contributed by atoms with Crippen molar-refractivity contribution in [3.05, 3.63) is 29.8 Å². The molecule has 88 valence electrons. The van der Waals surface area contributed by atoms with Gasteiger partial charge in [-0.15, -0.1) is 0 Å². The molecule has 0 saturated heterocycles. The van der Waals surface area contributed by atoms with Crippen LogP contribution in [0.1, 0.15) is 12.5 Å². The van der Waals surface area contributed by atoms with Crippen molar-refractivity contribution in [1.82, 2.24) is 0 Å². The van der Waals surface area contributed by atoms with Gasteiger partial charge in [-0.3, -0.25) is 4.79 Å². The molecule has 16 heavy (non-hydrogen) atoms. The Bertz CT molecular complexity index is 485. The second kappa shape index (κ2) is 5.32. The number of halogens is 1. The van der Waals surface area contributed by atoms with Gasteiger partial charge < -0.3 is 5.32 Å². The van der Waals surface area contributed by atoms with E-state index < -0.39 is 9.05 Å². The van der Waals surface area contributed by atoms with E-state index >= 15 is 0 Å². The third kappa shape index (κ3) is 5.14. The highest BCUT2D eigenvalue weighted by atomic mass is 35.7. The largest absolute Gasteiger partial charge is 0.326 e. The zero-order valence-electron chi connectivity index (χ0n) is 8.73. The first-order valence-electron chi connectivity index (χ1n) is 4.66. The van der Waals surface area contributed by atoms with Crippen molar-refractivity contribution in [3.63, 3.8) is 0 Å². The Kier molecular flexibility index (Phi) is 4.32. The normalized spacial score (nSPS) is 11.1. The van der Waals surface area contributed by atoms with E-state index in [0.29, 0.717) is 12.1 Å². The van der Waals surface area contributed by atoms with E-state index in [0.717, 1.165) is 5.56 Å². The zero-order chi connectivity index (χ0) is 12.2. The monoisotopic (exact) mass is 261 g/mol. The molecule has 0 bridgehead atoms. The molecule has 0 saturated carbocycles. The van der Waals surface area contributed by atoms with Crippen LogP contribution in [-0.4, -0.2) is 20.1 Å². The fraction of sp³-hybridized carbons (Fsp3) is 0.300. The van der Waals surface area contributed by atoms with Crippen LogP contribution in [0, 0.1) is 0 Å². The van der Waals surface area contributed by atoms with Gasteiger partial charge >= 0.3 is 0 Å². The minimum Gasteiger partial charge on any atom is -0.326 e. The van der Waals surface area contributed by atoms with Crippen LogP contribution in [0.2, 0.25) is 0 Å². The average Bonchev–Trinajstić information content (AvgIpc) is 2.13. The van der Waals surface area contributed by atoms with Crippen LogP contribution in [-0.2, 0) is 20.3 Å². The lowest BCUT2D eigenvalue weighted by molar-refractivity contribution is -0.114. The number of carbonyl (C=O) groups is 1. The van der Waals surface area contributed by atoms with E-state index in [2.05, 4.69) is 5.32 Å². The molecular weight excluding hydrogens is 250 g/mol. The van der Waals surface area contributed by atoms with Crippen molar-refractivity contribution >= 4 is 31.3 Å². The summed E-state index contributed by atoms with van der Waals surface area (Å²) in [7, 11) is 1.64. The van der Waals surface area contributed by atoms with Crippen LogP contribution in [0.25, 0.3) is 0 Å². The third-order valence-corrected chi connectivity index (χ3v) is 3.04. The van der Waals surface area contributed by atoms with E-state index in [4.69, 9.17) is 10.7 Å². The predicted molar refractivity (Wildman–Crippen MR) is 64.1 cm³/mol. The Morgan fingerprint density at radius 2 is 2.12 bits per heavy atom. The van der Waals surface area contributed by atoms with Crippen LogP contribution in [0.5, 0.6) is 0 Å². The summed E-state index contributed by atoms with van der Waals surface area (Å²) in [5.41, 5.74) is 1.47. The molecule has 0 fully saturated rings. The van der Waals surface area contributed by atoms with E-state index in [1.807, 2.05) is 0 Å². The van der Waals surface area contributed by atoms with Crippen molar-refractivity contribution in [2.75, 3.05) is 11.1 Å². The van der Waals surface area contributed by atoms with Gasteiger partial charge in [-0.25, -0.2) is 8.42 Å². The Labute approximate surface area is 99.0 Å². The van der Waals surface area contributed by atoms with Crippen LogP contribution in [0.15, 0.2) is 24.3 Å². The molecule has 4 nitrogen and oxygen atoms in total. The van der Waals surface area contributed by atoms with E-state index in [9.17, 15) is 13.2 Å². The first kappa shape index (κ1) is 13.0. The Morgan fingerprint density at radius 1 is 1.44 bits per heavy atom. The summed E-state index contributed by atoms with van der Waals surface area (Å²) in [5.74, 6) is -0.278. The molecule has 0 radical (unpaired) electrons. The molecule has 0 aromatic heterocycles. The topological polar surface area (TPSA) is 63.2 Å². The fourth-order valence-corrected chi connectivity index (χ4v) is 1.96. The maximum atomic E-state index is 10.8. The van der Waals surface area contributed by atoms with E-state index in [-0.39, 0.29) is 11.7 Å². The third-order valence-electron chi connectivity index (χ3n) is 1.88. The molecule has 0 heterocycles. The highest BCUT2D eigenvalue weighted by Crippen LogP contribution is 2.12. The lowest BCUT2D eigenvalue weighted by atomic mass is 10.1. The number of nitrogens with one attached hydrogen (secondary N) is 1. The molecule has 1 aromatic rings. The maximum Gasteiger partial charge on any atom is 0.232 e. The van der Waals surface area contributed by atoms with Gasteiger partial charge in [-0.2, -0.15) is 0 Å². The van der Waals surface area contributed by atoms with Gasteiger partial charge in [0.2, 0.25) is 15.0 Å². The lowest BCUT2D eigenvalue weighted by Gasteiger charge is -2.04. The summed E-state index contributed by atoms with van der Waals surface area (Å²) < 4.78 is 21.5. The van der Waals surface area contributed by atoms with Crippen molar-refractivity contribution in [2.45, 2.75) is 13.3 Å². The number of rotatable bonds is 4. The van der Waals surface area contributed by atoms with Gasteiger partial charge in [-0.1, -0.05) is 12.1 Å². The molecule has 0 aliphatic rings. The summed E-state index contributed by atoms with van der Waals surface area (Å²) in [6, 6.07) is 7.00. The molecular formula is C10H12ClNO3S. The molecule has 6 heteroatoms. The fourth-order valence-electron chi connectivity index (χ4n) is 1.25. The molecule has 0 unspecified atom stereocenters. The van der Waals surface area contributed by atoms with Crippen LogP contribution in [0.4, 0.5) is 5.69 Å². The number of aryl methyl sites for hydroxylation is 1. The molecule has 1 amide bonds. The molecule has 0 aliphatic carbocycles. The number of hydrogen-bond acceptors (Lipinski definition) is 3. The zero-order valence-corrected chi connectivity index (χ0v) is 10.3. The highest BCUT2D eigenvalue weighted by Gasteiger charge is 2.06. The first-order chi connectivity index (χ1) is 7.37. The number of carbonyl (C=O) groups excluding carboxylic acids is 1. The maximum absolute atomic E-state index is 10.8. The summed E-state index contributed by atoms with van der Waals surface area (Å²) in [6.45, 7) is 1.41. The minimum absolute atomic E-state index is 0.113. The van der Waals surface area contributed by atoms with Crippen LogP contribution < -0.4 is 5.32 Å². The van der Waals surface area contributed by atoms with Crippen LogP contribution in [0.3, 0.4) is 0 Å². The van der Waals surface area contributed by atoms with Gasteiger partial charge in [-0.05, 0) is 24.1 Å². The Hall–Kier alpha value is -1.07. The Balaban J connectivity index is 2.71. The molecule has 0 aliphatic heterocycles. The van der Waals surface area contributed by atoms with Crippen molar-refractivity contribution in [1.29, 1.82) is 0 Å². The number of benzene rings is 1. The summed E-state index contributed by atoms with van der Waals surface area (Å²) in [6.07, 6.45) is 0.333. The number of amides is 1. The molecule has 0 spiro atoms. The average molecular weight is 262 g/mol. The highest BCUT2D eigenvalue weighted by molar-refractivity contribution is 8.13.